The number of carbonyl (C=O) groups excluding carboxylic acids is 2. The lowest BCUT2D eigenvalue weighted by atomic mass is 9.81. The summed E-state index contributed by atoms with van der Waals surface area (Å²) in [7, 11) is 2.87. The van der Waals surface area contributed by atoms with Crippen molar-refractivity contribution in [1.29, 1.82) is 0 Å². The zero-order valence-corrected chi connectivity index (χ0v) is 20.9. The fourth-order valence-electron chi connectivity index (χ4n) is 3.71. The lowest BCUT2D eigenvalue weighted by Crippen LogP contribution is -2.40. The van der Waals surface area contributed by atoms with Gasteiger partial charge in [0.2, 0.25) is 0 Å². The monoisotopic (exact) mass is 524 g/mol. The van der Waals surface area contributed by atoms with E-state index in [4.69, 9.17) is 36.0 Å². The molecule has 0 spiro atoms. The molecule has 0 radical (unpaired) electrons. The molecule has 0 amide bonds. The first-order valence-corrected chi connectivity index (χ1v) is 11.4. The summed E-state index contributed by atoms with van der Waals surface area (Å²) in [4.78, 5) is 49.4. The molecule has 1 aliphatic rings. The summed E-state index contributed by atoms with van der Waals surface area (Å²) < 4.78 is 15.9. The van der Waals surface area contributed by atoms with Crippen molar-refractivity contribution < 1.29 is 43.6 Å². The third kappa shape index (κ3) is 7.30. The molecule has 1 aromatic rings. The van der Waals surface area contributed by atoms with Crippen LogP contribution in [-0.2, 0) is 33.4 Å². The molecule has 2 atom stereocenters. The van der Waals surface area contributed by atoms with Gasteiger partial charge < -0.3 is 34.6 Å². The minimum absolute atomic E-state index is 0.0151. The first-order valence-electron chi connectivity index (χ1n) is 11.0. The molecule has 196 valence electrons. The number of ether oxygens (including phenoxy) is 3. The Morgan fingerprint density at radius 2 is 1.86 bits per heavy atom. The number of nitrogens with one attached hydrogen (secondary N) is 1. The second kappa shape index (κ2) is 13.6. The van der Waals surface area contributed by atoms with E-state index in [9.17, 15) is 19.2 Å². The number of halogens is 1. The molecule has 0 saturated carbocycles. The van der Waals surface area contributed by atoms with Gasteiger partial charge in [-0.2, -0.15) is 0 Å². The van der Waals surface area contributed by atoms with Crippen LogP contribution < -0.4 is 5.32 Å². The molecule has 11 nitrogen and oxygen atoms in total. The third-order valence-electron chi connectivity index (χ3n) is 5.35. The van der Waals surface area contributed by atoms with E-state index < -0.39 is 42.3 Å². The summed E-state index contributed by atoms with van der Waals surface area (Å²) >= 11 is 6.44. The Balaban J connectivity index is 2.35. The van der Waals surface area contributed by atoms with Crippen LogP contribution in [0.4, 0.5) is 0 Å². The summed E-state index contributed by atoms with van der Waals surface area (Å²) in [5.74, 6) is -4.73. The number of methoxy groups -OCH3 is 1. The van der Waals surface area contributed by atoms with Gasteiger partial charge >= 0.3 is 23.9 Å². The van der Waals surface area contributed by atoms with E-state index in [0.717, 1.165) is 0 Å². The molecule has 0 fully saturated rings. The van der Waals surface area contributed by atoms with Crippen molar-refractivity contribution in [3.63, 3.8) is 0 Å². The number of benzene rings is 1. The minimum atomic E-state index is -1.29. The summed E-state index contributed by atoms with van der Waals surface area (Å²) in [6.45, 7) is 1.73. The highest BCUT2D eigenvalue weighted by molar-refractivity contribution is 6.31. The first kappa shape index (κ1) is 28.8. The maximum atomic E-state index is 13.1. The van der Waals surface area contributed by atoms with Crippen LogP contribution in [0, 0.1) is 0 Å². The molecule has 12 heteroatoms. The molecular formula is C24H29ClN2O9. The largest absolute Gasteiger partial charge is 0.481 e. The Bertz CT molecular complexity index is 1050. The number of carbonyl (C=O) groups is 4. The number of hydrogen-bond acceptors (Lipinski definition) is 9. The fraction of sp³-hybridized carbons (Fsp3) is 0.417. The maximum absolute atomic E-state index is 13.1. The van der Waals surface area contributed by atoms with Gasteiger partial charge in [-0.3, -0.25) is 9.59 Å². The summed E-state index contributed by atoms with van der Waals surface area (Å²) in [5.41, 5.74) is 1.24. The molecule has 0 bridgehead atoms. The molecule has 1 heterocycles. The fourth-order valence-corrected chi connectivity index (χ4v) is 3.96. The minimum Gasteiger partial charge on any atom is -0.481 e. The zero-order chi connectivity index (χ0) is 26.8. The van der Waals surface area contributed by atoms with Gasteiger partial charge in [0.25, 0.3) is 0 Å². The van der Waals surface area contributed by atoms with Gasteiger partial charge in [0, 0.05) is 24.8 Å². The van der Waals surface area contributed by atoms with Crippen LogP contribution in [0.2, 0.25) is 5.02 Å². The van der Waals surface area contributed by atoms with Gasteiger partial charge in [-0.05, 0) is 18.6 Å². The van der Waals surface area contributed by atoms with Crippen LogP contribution in [0.25, 0.3) is 0 Å². The normalized spacial score (nSPS) is 16.3. The van der Waals surface area contributed by atoms with E-state index >= 15 is 0 Å². The molecule has 1 aromatic carbocycles. The van der Waals surface area contributed by atoms with E-state index in [1.54, 1.807) is 43.1 Å². The number of nitrogens with zero attached hydrogens (tertiary/aromatic N) is 1. The summed E-state index contributed by atoms with van der Waals surface area (Å²) in [6.07, 6.45) is 0.948. The van der Waals surface area contributed by atoms with Crippen LogP contribution in [0.1, 0.15) is 24.8 Å². The SMILES string of the molecule is CCOC(=O)C1=C(COCCN[C@@H](CC(=O)O)C(=O)O)N(C)C=C(C(=O)OC)C1c1ccccc1Cl. The van der Waals surface area contributed by atoms with Crippen LogP contribution in [0.15, 0.2) is 47.3 Å². The standard InChI is InChI=1S/C24H29ClN2O9/c1-4-36-24(33)21-18(13-35-10-9-26-17(22(30)31)11-19(28)29)27(2)12-15(23(32)34-3)20(21)14-7-5-6-8-16(14)25/h5-8,12,17,20,26H,4,9-11,13H2,1-3H3,(H,28,29)(H,30,31)/t17-,20?/m0/s1. The molecule has 0 aliphatic carbocycles. The van der Waals surface area contributed by atoms with Gasteiger partial charge in [0.1, 0.15) is 6.04 Å². The molecular weight excluding hydrogens is 496 g/mol. The van der Waals surface area contributed by atoms with E-state index in [1.165, 1.54) is 13.3 Å². The maximum Gasteiger partial charge on any atom is 0.336 e. The topological polar surface area (TPSA) is 152 Å². The average Bonchev–Trinajstić information content (AvgIpc) is 2.83. The van der Waals surface area contributed by atoms with Gasteiger partial charge in [0.05, 0.1) is 56.1 Å². The van der Waals surface area contributed by atoms with Crippen molar-refractivity contribution >= 4 is 35.5 Å². The predicted octanol–water partition coefficient (Wildman–Crippen LogP) is 1.78. The molecule has 2 rings (SSSR count). The van der Waals surface area contributed by atoms with Crippen LogP contribution in [-0.4, -0.2) is 85.6 Å². The van der Waals surface area contributed by atoms with Crippen LogP contribution in [0.3, 0.4) is 0 Å². The number of esters is 2. The van der Waals surface area contributed by atoms with Crippen molar-refractivity contribution in [2.24, 2.45) is 0 Å². The highest BCUT2D eigenvalue weighted by Crippen LogP contribution is 2.42. The third-order valence-corrected chi connectivity index (χ3v) is 5.70. The van der Waals surface area contributed by atoms with Gasteiger partial charge in [0.15, 0.2) is 0 Å². The number of hydrogen-bond donors (Lipinski definition) is 3. The Morgan fingerprint density at radius 1 is 1.17 bits per heavy atom. The highest BCUT2D eigenvalue weighted by atomic mass is 35.5. The second-order valence-electron chi connectivity index (χ2n) is 7.72. The quantitative estimate of drug-likeness (QED) is 0.256. The highest BCUT2D eigenvalue weighted by Gasteiger charge is 2.39. The lowest BCUT2D eigenvalue weighted by Gasteiger charge is -2.33. The van der Waals surface area contributed by atoms with Crippen molar-refractivity contribution in [1.82, 2.24) is 10.2 Å². The van der Waals surface area contributed by atoms with Gasteiger partial charge in [-0.1, -0.05) is 29.8 Å². The second-order valence-corrected chi connectivity index (χ2v) is 8.12. The molecule has 0 aromatic heterocycles. The van der Waals surface area contributed by atoms with Crippen molar-refractivity contribution in [2.75, 3.05) is 40.5 Å². The summed E-state index contributed by atoms with van der Waals surface area (Å²) in [5, 5.41) is 20.9. The van der Waals surface area contributed by atoms with E-state index in [2.05, 4.69) is 5.32 Å². The van der Waals surface area contributed by atoms with Crippen molar-refractivity contribution in [3.8, 4) is 0 Å². The van der Waals surface area contributed by atoms with Crippen molar-refractivity contribution in [3.05, 3.63) is 57.9 Å². The molecule has 3 N–H and O–H groups in total. The predicted molar refractivity (Wildman–Crippen MR) is 128 cm³/mol. The van der Waals surface area contributed by atoms with E-state index in [1.807, 2.05) is 0 Å². The number of aliphatic carboxylic acids is 2. The van der Waals surface area contributed by atoms with Crippen LogP contribution >= 0.6 is 11.6 Å². The Hall–Kier alpha value is -3.41. The smallest absolute Gasteiger partial charge is 0.336 e. The average molecular weight is 525 g/mol. The molecule has 0 saturated heterocycles. The van der Waals surface area contributed by atoms with Gasteiger partial charge in [-0.25, -0.2) is 9.59 Å². The summed E-state index contributed by atoms with van der Waals surface area (Å²) in [6, 6.07) is 5.53. The molecule has 1 unspecified atom stereocenters. The Kier molecular flexibility index (Phi) is 10.9. The lowest BCUT2D eigenvalue weighted by molar-refractivity contribution is -0.146. The molecule has 1 aliphatic heterocycles. The van der Waals surface area contributed by atoms with E-state index in [0.29, 0.717) is 16.3 Å². The van der Waals surface area contributed by atoms with Gasteiger partial charge in [-0.15, -0.1) is 0 Å². The number of rotatable bonds is 13. The first-order chi connectivity index (χ1) is 17.1. The number of carboxylic acid groups (broad SMARTS) is 2. The van der Waals surface area contributed by atoms with Crippen LogP contribution in [0.5, 0.6) is 0 Å². The van der Waals surface area contributed by atoms with Crippen molar-refractivity contribution in [2.45, 2.75) is 25.3 Å². The number of carboxylic acids is 2. The molecule has 36 heavy (non-hydrogen) atoms. The zero-order valence-electron chi connectivity index (χ0n) is 20.2. The van der Waals surface area contributed by atoms with E-state index in [-0.39, 0.29) is 37.5 Å². The number of likely N-dealkylation sites (N-methyl/N-ethyl adjacent to an activating group) is 1. The Labute approximate surface area is 213 Å². The Morgan fingerprint density at radius 3 is 2.44 bits per heavy atom.